The first-order chi connectivity index (χ1) is 17.4. The quantitative estimate of drug-likeness (QED) is 0.403. The molecule has 2 heterocycles. The van der Waals surface area contributed by atoms with Crippen LogP contribution >= 0.6 is 0 Å². The SMILES string of the molecule is Cc1cccc(CN2CCN(c3nc(Nc4cccc(C(C)(F)F)c4)nc(OCC(F)(F)F)n3)CC2)c1. The zero-order valence-corrected chi connectivity index (χ0v) is 20.4. The summed E-state index contributed by atoms with van der Waals surface area (Å²) in [6.07, 6.45) is -4.58. The van der Waals surface area contributed by atoms with Gasteiger partial charge in [0.1, 0.15) is 0 Å². The zero-order chi connectivity index (χ0) is 26.6. The molecule has 0 atom stereocenters. The number of halogens is 5. The molecule has 12 heteroatoms. The first kappa shape index (κ1) is 26.5. The number of nitrogens with zero attached hydrogens (tertiary/aromatic N) is 5. The number of aryl methyl sites for hydroxylation is 1. The highest BCUT2D eigenvalue weighted by molar-refractivity contribution is 5.56. The van der Waals surface area contributed by atoms with Gasteiger partial charge in [0, 0.05) is 50.9 Å². The van der Waals surface area contributed by atoms with Crippen LogP contribution in [-0.2, 0) is 12.5 Å². The lowest BCUT2D eigenvalue weighted by Gasteiger charge is -2.34. The summed E-state index contributed by atoms with van der Waals surface area (Å²) in [6, 6.07) is 13.2. The lowest BCUT2D eigenvalue weighted by Crippen LogP contribution is -2.46. The molecule has 1 aliphatic heterocycles. The van der Waals surface area contributed by atoms with Crippen LogP contribution in [0.25, 0.3) is 0 Å². The summed E-state index contributed by atoms with van der Waals surface area (Å²) in [5.41, 5.74) is 2.40. The van der Waals surface area contributed by atoms with E-state index in [4.69, 9.17) is 4.74 Å². The number of alkyl halides is 5. The number of anilines is 3. The molecule has 2 aromatic carbocycles. The molecule has 1 fully saturated rings. The van der Waals surface area contributed by atoms with Crippen molar-refractivity contribution in [2.75, 3.05) is 43.0 Å². The van der Waals surface area contributed by atoms with Gasteiger partial charge in [-0.2, -0.15) is 28.1 Å². The minimum atomic E-state index is -4.58. The average Bonchev–Trinajstić information content (AvgIpc) is 2.82. The molecule has 1 aliphatic rings. The third kappa shape index (κ3) is 7.72. The van der Waals surface area contributed by atoms with Crippen molar-refractivity contribution in [3.05, 3.63) is 65.2 Å². The predicted molar refractivity (Wildman–Crippen MR) is 129 cm³/mol. The van der Waals surface area contributed by atoms with Crippen molar-refractivity contribution in [3.8, 4) is 6.01 Å². The van der Waals surface area contributed by atoms with E-state index in [1.54, 1.807) is 0 Å². The standard InChI is InChI=1S/C25H27F5N6O/c1-17-5-3-6-18(13-17)15-35-9-11-36(12-10-35)22-32-21(33-23(34-22)37-16-25(28,29)30)31-20-8-4-7-19(14-20)24(2,26)27/h3-8,13-14H,9-12,15-16H2,1-2H3,(H,31,32,33,34). The summed E-state index contributed by atoms with van der Waals surface area (Å²) in [7, 11) is 0. The van der Waals surface area contributed by atoms with Crippen LogP contribution in [0.2, 0.25) is 0 Å². The lowest BCUT2D eigenvalue weighted by molar-refractivity contribution is -0.154. The van der Waals surface area contributed by atoms with Gasteiger partial charge >= 0.3 is 12.2 Å². The van der Waals surface area contributed by atoms with E-state index in [0.29, 0.717) is 26.2 Å². The molecule has 1 N–H and O–H groups in total. The maximum atomic E-state index is 13.7. The molecule has 3 aromatic rings. The average molecular weight is 523 g/mol. The molecule has 0 bridgehead atoms. The number of piperazine rings is 1. The van der Waals surface area contributed by atoms with Gasteiger partial charge in [-0.15, -0.1) is 0 Å². The van der Waals surface area contributed by atoms with Crippen LogP contribution in [0.1, 0.15) is 23.6 Å². The Morgan fingerprint density at radius 2 is 1.65 bits per heavy atom. The van der Waals surface area contributed by atoms with Gasteiger partial charge in [-0.25, -0.2) is 8.78 Å². The first-order valence-electron chi connectivity index (χ1n) is 11.7. The van der Waals surface area contributed by atoms with Gasteiger partial charge in [0.2, 0.25) is 11.9 Å². The number of hydrogen-bond donors (Lipinski definition) is 1. The number of hydrogen-bond acceptors (Lipinski definition) is 7. The lowest BCUT2D eigenvalue weighted by atomic mass is 10.1. The molecular weight excluding hydrogens is 495 g/mol. The molecule has 0 aliphatic carbocycles. The van der Waals surface area contributed by atoms with Crippen molar-refractivity contribution in [1.29, 1.82) is 0 Å². The Labute approximate surface area is 211 Å². The highest BCUT2D eigenvalue weighted by Gasteiger charge is 2.30. The topological polar surface area (TPSA) is 66.4 Å². The van der Waals surface area contributed by atoms with Crippen molar-refractivity contribution >= 4 is 17.6 Å². The third-order valence-electron chi connectivity index (χ3n) is 5.74. The Hall–Kier alpha value is -3.54. The number of rotatable bonds is 8. The molecular formula is C25H27F5N6O. The second-order valence-corrected chi connectivity index (χ2v) is 8.99. The van der Waals surface area contributed by atoms with Crippen molar-refractivity contribution in [1.82, 2.24) is 19.9 Å². The van der Waals surface area contributed by atoms with Crippen LogP contribution < -0.4 is 15.0 Å². The number of benzene rings is 2. The minimum Gasteiger partial charge on any atom is -0.454 e. The van der Waals surface area contributed by atoms with E-state index in [1.165, 1.54) is 35.4 Å². The second-order valence-electron chi connectivity index (χ2n) is 8.99. The van der Waals surface area contributed by atoms with Gasteiger partial charge in [0.25, 0.3) is 5.92 Å². The van der Waals surface area contributed by atoms with Crippen molar-refractivity contribution in [3.63, 3.8) is 0 Å². The summed E-state index contributed by atoms with van der Waals surface area (Å²) in [5.74, 6) is -3.04. The molecule has 4 rings (SSSR count). The van der Waals surface area contributed by atoms with Crippen LogP contribution in [0.4, 0.5) is 39.5 Å². The van der Waals surface area contributed by atoms with Crippen LogP contribution in [0.5, 0.6) is 6.01 Å². The summed E-state index contributed by atoms with van der Waals surface area (Å²) >= 11 is 0. The van der Waals surface area contributed by atoms with Gasteiger partial charge < -0.3 is 15.0 Å². The monoisotopic (exact) mass is 522 g/mol. The summed E-state index contributed by atoms with van der Waals surface area (Å²) in [5, 5.41) is 2.79. The molecule has 1 saturated heterocycles. The third-order valence-corrected chi connectivity index (χ3v) is 5.74. The van der Waals surface area contributed by atoms with E-state index in [0.717, 1.165) is 13.5 Å². The Bertz CT molecular complexity index is 1210. The highest BCUT2D eigenvalue weighted by atomic mass is 19.4. The van der Waals surface area contributed by atoms with E-state index < -0.39 is 24.7 Å². The number of nitrogens with one attached hydrogen (secondary N) is 1. The summed E-state index contributed by atoms with van der Waals surface area (Å²) in [4.78, 5) is 16.4. The smallest absolute Gasteiger partial charge is 0.422 e. The summed E-state index contributed by atoms with van der Waals surface area (Å²) < 4.78 is 70.5. The Kier molecular flexibility index (Phi) is 7.76. The Balaban J connectivity index is 1.51. The number of aromatic nitrogens is 3. The maximum Gasteiger partial charge on any atom is 0.422 e. The molecule has 198 valence electrons. The van der Waals surface area contributed by atoms with Crippen molar-refractivity contribution in [2.45, 2.75) is 32.5 Å². The molecule has 0 radical (unpaired) electrons. The molecule has 0 spiro atoms. The van der Waals surface area contributed by atoms with Crippen LogP contribution in [0.15, 0.2) is 48.5 Å². The Morgan fingerprint density at radius 1 is 0.919 bits per heavy atom. The fourth-order valence-corrected chi connectivity index (χ4v) is 3.93. The summed E-state index contributed by atoms with van der Waals surface area (Å²) in [6.45, 7) is 4.46. The van der Waals surface area contributed by atoms with Gasteiger partial charge in [-0.05, 0) is 24.6 Å². The zero-order valence-electron chi connectivity index (χ0n) is 20.4. The van der Waals surface area contributed by atoms with Gasteiger partial charge in [0.15, 0.2) is 6.61 Å². The normalized spacial score (nSPS) is 15.1. The van der Waals surface area contributed by atoms with Crippen LogP contribution in [-0.4, -0.2) is 58.8 Å². The van der Waals surface area contributed by atoms with Gasteiger partial charge in [0.05, 0.1) is 0 Å². The highest BCUT2D eigenvalue weighted by Crippen LogP contribution is 2.30. The van der Waals surface area contributed by atoms with E-state index in [9.17, 15) is 22.0 Å². The van der Waals surface area contributed by atoms with Gasteiger partial charge in [-0.3, -0.25) is 4.90 Å². The van der Waals surface area contributed by atoms with Crippen molar-refractivity contribution < 1.29 is 26.7 Å². The number of ether oxygens (including phenoxy) is 1. The van der Waals surface area contributed by atoms with Gasteiger partial charge in [-0.1, -0.05) is 42.0 Å². The molecule has 1 aromatic heterocycles. The fraction of sp³-hybridized carbons (Fsp3) is 0.400. The fourth-order valence-electron chi connectivity index (χ4n) is 3.93. The molecule has 0 amide bonds. The van der Waals surface area contributed by atoms with Crippen LogP contribution in [0.3, 0.4) is 0 Å². The van der Waals surface area contributed by atoms with Crippen LogP contribution in [0, 0.1) is 6.92 Å². The first-order valence-corrected chi connectivity index (χ1v) is 11.7. The Morgan fingerprint density at radius 3 is 2.32 bits per heavy atom. The van der Waals surface area contributed by atoms with E-state index in [1.807, 2.05) is 24.0 Å². The largest absolute Gasteiger partial charge is 0.454 e. The van der Waals surface area contributed by atoms with E-state index in [-0.39, 0.29) is 23.1 Å². The molecule has 0 unspecified atom stereocenters. The maximum absolute atomic E-state index is 13.7. The van der Waals surface area contributed by atoms with Crippen molar-refractivity contribution in [2.24, 2.45) is 0 Å². The van der Waals surface area contributed by atoms with E-state index in [2.05, 4.69) is 37.3 Å². The second kappa shape index (κ2) is 10.8. The molecule has 0 saturated carbocycles. The van der Waals surface area contributed by atoms with E-state index >= 15 is 0 Å². The molecule has 37 heavy (non-hydrogen) atoms. The molecule has 7 nitrogen and oxygen atoms in total. The predicted octanol–water partition coefficient (Wildman–Crippen LogP) is 5.30. The minimum absolute atomic E-state index is 0.110.